The van der Waals surface area contributed by atoms with E-state index in [4.69, 9.17) is 0 Å². The van der Waals surface area contributed by atoms with Gasteiger partial charge < -0.3 is 9.80 Å². The summed E-state index contributed by atoms with van der Waals surface area (Å²) in [7, 11) is 0. The lowest BCUT2D eigenvalue weighted by molar-refractivity contribution is -0.145. The van der Waals surface area contributed by atoms with Crippen molar-refractivity contribution >= 4 is 11.8 Å². The third-order valence-electron chi connectivity index (χ3n) is 5.11. The minimum absolute atomic E-state index is 0.0104. The Kier molecular flexibility index (Phi) is 5.82. The molecule has 2 heterocycles. The second-order valence-corrected chi connectivity index (χ2v) is 7.74. The normalized spacial score (nSPS) is 14.9. The number of hydrogen-bond acceptors (Lipinski definition) is 3. The highest BCUT2D eigenvalue weighted by atomic mass is 19.1. The summed E-state index contributed by atoms with van der Waals surface area (Å²) in [5.41, 5.74) is 2.57. The number of halogens is 1. The average Bonchev–Trinajstić information content (AvgIpc) is 2.91. The first-order valence-electron chi connectivity index (χ1n) is 9.63. The van der Waals surface area contributed by atoms with E-state index in [1.807, 2.05) is 18.7 Å². The average molecular weight is 386 g/mol. The summed E-state index contributed by atoms with van der Waals surface area (Å²) < 4.78 is 15.7. The molecule has 1 saturated heterocycles. The van der Waals surface area contributed by atoms with E-state index in [0.29, 0.717) is 36.9 Å². The number of amides is 2. The lowest BCUT2D eigenvalue weighted by Gasteiger charge is -2.35. The van der Waals surface area contributed by atoms with Crippen LogP contribution in [-0.2, 0) is 16.0 Å². The molecule has 1 aromatic heterocycles. The minimum Gasteiger partial charge on any atom is -0.339 e. The van der Waals surface area contributed by atoms with Crippen LogP contribution in [-0.4, -0.2) is 57.6 Å². The molecule has 2 aromatic rings. The number of piperazine rings is 1. The van der Waals surface area contributed by atoms with Crippen molar-refractivity contribution in [3.05, 3.63) is 47.0 Å². The fraction of sp³-hybridized carbons (Fsp3) is 0.476. The first kappa shape index (κ1) is 20.0. The molecule has 0 radical (unpaired) electrons. The van der Waals surface area contributed by atoms with E-state index in [0.717, 1.165) is 11.3 Å². The number of aryl methyl sites for hydroxylation is 1. The molecule has 150 valence electrons. The first-order chi connectivity index (χ1) is 13.3. The van der Waals surface area contributed by atoms with Crippen molar-refractivity contribution in [1.82, 2.24) is 19.6 Å². The van der Waals surface area contributed by atoms with E-state index in [1.54, 1.807) is 27.8 Å². The number of nitrogens with zero attached hydrogens (tertiary/aromatic N) is 4. The molecule has 3 rings (SSSR count). The third-order valence-corrected chi connectivity index (χ3v) is 5.11. The van der Waals surface area contributed by atoms with Crippen molar-refractivity contribution in [2.75, 3.05) is 26.2 Å². The zero-order valence-corrected chi connectivity index (χ0v) is 16.9. The van der Waals surface area contributed by atoms with Gasteiger partial charge in [0.25, 0.3) is 0 Å². The number of para-hydroxylation sites is 1. The molecule has 6 nitrogen and oxygen atoms in total. The van der Waals surface area contributed by atoms with Crippen LogP contribution in [0.25, 0.3) is 5.69 Å². The van der Waals surface area contributed by atoms with Gasteiger partial charge >= 0.3 is 0 Å². The molecular formula is C21H27FN4O2. The van der Waals surface area contributed by atoms with Gasteiger partial charge in [0.2, 0.25) is 11.8 Å². The van der Waals surface area contributed by atoms with Crippen LogP contribution in [0.4, 0.5) is 4.39 Å². The van der Waals surface area contributed by atoms with Crippen molar-refractivity contribution < 1.29 is 14.0 Å². The molecule has 0 atom stereocenters. The van der Waals surface area contributed by atoms with E-state index in [-0.39, 0.29) is 30.6 Å². The summed E-state index contributed by atoms with van der Waals surface area (Å²) in [6.45, 7) is 9.73. The van der Waals surface area contributed by atoms with E-state index in [9.17, 15) is 14.0 Å². The van der Waals surface area contributed by atoms with E-state index in [2.05, 4.69) is 18.9 Å². The van der Waals surface area contributed by atoms with Crippen LogP contribution >= 0.6 is 0 Å². The van der Waals surface area contributed by atoms with Gasteiger partial charge in [0, 0.05) is 30.9 Å². The maximum absolute atomic E-state index is 14.1. The Labute approximate surface area is 164 Å². The van der Waals surface area contributed by atoms with Crippen LogP contribution in [0.3, 0.4) is 0 Å². The smallest absolute Gasteiger partial charge is 0.242 e. The molecule has 1 aliphatic heterocycles. The Hall–Kier alpha value is -2.70. The standard InChI is InChI=1S/C21H27FN4O2/c1-14(2)12-24-9-10-25(13-21(24)28)20(27)11-17-15(3)23-26(16(17)4)19-8-6-5-7-18(19)22/h5-8,14H,9-13H2,1-4H3. The highest BCUT2D eigenvalue weighted by Crippen LogP contribution is 2.21. The van der Waals surface area contributed by atoms with E-state index >= 15 is 0 Å². The summed E-state index contributed by atoms with van der Waals surface area (Å²) in [6.07, 6.45) is 0.156. The number of hydrogen-bond donors (Lipinski definition) is 0. The second-order valence-electron chi connectivity index (χ2n) is 7.74. The topological polar surface area (TPSA) is 58.4 Å². The Bertz CT molecular complexity index is 891. The molecule has 1 aromatic carbocycles. The molecule has 0 unspecified atom stereocenters. The molecule has 1 aliphatic rings. The van der Waals surface area contributed by atoms with Crippen molar-refractivity contribution in [1.29, 1.82) is 0 Å². The van der Waals surface area contributed by atoms with Crippen LogP contribution < -0.4 is 0 Å². The quantitative estimate of drug-likeness (QED) is 0.793. The monoisotopic (exact) mass is 386 g/mol. The predicted molar refractivity (Wildman–Crippen MR) is 105 cm³/mol. The van der Waals surface area contributed by atoms with Crippen molar-refractivity contribution in [2.45, 2.75) is 34.1 Å². The van der Waals surface area contributed by atoms with Crippen molar-refractivity contribution in [3.63, 3.8) is 0 Å². The zero-order valence-electron chi connectivity index (χ0n) is 16.9. The Morgan fingerprint density at radius 1 is 1.21 bits per heavy atom. The fourth-order valence-corrected chi connectivity index (χ4v) is 3.61. The number of carbonyl (C=O) groups excluding carboxylic acids is 2. The predicted octanol–water partition coefficient (Wildman–Crippen LogP) is 2.50. The lowest BCUT2D eigenvalue weighted by Crippen LogP contribution is -2.53. The summed E-state index contributed by atoms with van der Waals surface area (Å²) in [5.74, 6) is -0.0702. The Balaban J connectivity index is 1.73. The van der Waals surface area contributed by atoms with Gasteiger partial charge in [-0.3, -0.25) is 9.59 Å². The van der Waals surface area contributed by atoms with Gasteiger partial charge in [-0.05, 0) is 31.9 Å². The molecule has 7 heteroatoms. The van der Waals surface area contributed by atoms with Crippen LogP contribution in [0.2, 0.25) is 0 Å². The van der Waals surface area contributed by atoms with Gasteiger partial charge in [-0.2, -0.15) is 5.10 Å². The molecule has 28 heavy (non-hydrogen) atoms. The van der Waals surface area contributed by atoms with Crippen LogP contribution in [0, 0.1) is 25.6 Å². The number of carbonyl (C=O) groups is 2. The van der Waals surface area contributed by atoms with Gasteiger partial charge in [0.15, 0.2) is 0 Å². The van der Waals surface area contributed by atoms with Crippen LogP contribution in [0.1, 0.15) is 30.8 Å². The summed E-state index contributed by atoms with van der Waals surface area (Å²) in [4.78, 5) is 28.6. The molecule has 0 bridgehead atoms. The molecular weight excluding hydrogens is 359 g/mol. The molecule has 0 aliphatic carbocycles. The molecule has 1 fully saturated rings. The largest absolute Gasteiger partial charge is 0.339 e. The summed E-state index contributed by atoms with van der Waals surface area (Å²) >= 11 is 0. The number of benzene rings is 1. The maximum Gasteiger partial charge on any atom is 0.242 e. The third kappa shape index (κ3) is 4.08. The van der Waals surface area contributed by atoms with Gasteiger partial charge in [-0.25, -0.2) is 9.07 Å². The van der Waals surface area contributed by atoms with Crippen LogP contribution in [0.15, 0.2) is 24.3 Å². The SMILES string of the molecule is Cc1nn(-c2ccccc2F)c(C)c1CC(=O)N1CCN(CC(C)C)C(=O)C1. The number of aromatic nitrogens is 2. The highest BCUT2D eigenvalue weighted by Gasteiger charge is 2.28. The summed E-state index contributed by atoms with van der Waals surface area (Å²) in [5, 5.41) is 4.43. The minimum atomic E-state index is -0.363. The zero-order chi connectivity index (χ0) is 20.4. The van der Waals surface area contributed by atoms with Crippen molar-refractivity contribution in [3.8, 4) is 5.69 Å². The van der Waals surface area contributed by atoms with E-state index < -0.39 is 0 Å². The Morgan fingerprint density at radius 2 is 1.93 bits per heavy atom. The number of rotatable bonds is 5. The highest BCUT2D eigenvalue weighted by molar-refractivity contribution is 5.87. The Morgan fingerprint density at radius 3 is 2.57 bits per heavy atom. The molecule has 0 saturated carbocycles. The van der Waals surface area contributed by atoms with Gasteiger partial charge in [0.05, 0.1) is 18.7 Å². The molecule has 0 N–H and O–H groups in total. The van der Waals surface area contributed by atoms with Gasteiger partial charge in [0.1, 0.15) is 11.5 Å². The molecule has 2 amide bonds. The lowest BCUT2D eigenvalue weighted by atomic mass is 10.1. The first-order valence-corrected chi connectivity index (χ1v) is 9.63. The van der Waals surface area contributed by atoms with Gasteiger partial charge in [-0.15, -0.1) is 0 Å². The van der Waals surface area contributed by atoms with Crippen LogP contribution in [0.5, 0.6) is 0 Å². The summed E-state index contributed by atoms with van der Waals surface area (Å²) in [6, 6.07) is 6.43. The maximum atomic E-state index is 14.1. The van der Waals surface area contributed by atoms with E-state index in [1.165, 1.54) is 6.07 Å². The van der Waals surface area contributed by atoms with Crippen molar-refractivity contribution in [2.24, 2.45) is 5.92 Å². The fourth-order valence-electron chi connectivity index (χ4n) is 3.61. The van der Waals surface area contributed by atoms with Gasteiger partial charge in [-0.1, -0.05) is 26.0 Å². The second kappa shape index (κ2) is 8.12. The molecule has 0 spiro atoms.